The zero-order valence-corrected chi connectivity index (χ0v) is 9.77. The van der Waals surface area contributed by atoms with E-state index in [1.54, 1.807) is 0 Å². The zero-order chi connectivity index (χ0) is 11.9. The summed E-state index contributed by atoms with van der Waals surface area (Å²) in [5, 5.41) is 7.66. The van der Waals surface area contributed by atoms with Crippen LogP contribution < -0.4 is 0 Å². The molecule has 2 radical (unpaired) electrons. The molecule has 0 heterocycles. The van der Waals surface area contributed by atoms with Crippen LogP contribution in [0.15, 0.2) is 60.7 Å². The van der Waals surface area contributed by atoms with Crippen molar-refractivity contribution in [2.45, 2.75) is 0 Å². The van der Waals surface area contributed by atoms with Gasteiger partial charge >= 0.3 is 0 Å². The van der Waals surface area contributed by atoms with Gasteiger partial charge in [-0.15, -0.1) is 0 Å². The highest BCUT2D eigenvalue weighted by molar-refractivity contribution is 6.17. The first kappa shape index (κ1) is 9.67. The van der Waals surface area contributed by atoms with Crippen LogP contribution in [0, 0.1) is 12.1 Å². The summed E-state index contributed by atoms with van der Waals surface area (Å²) in [5.41, 5.74) is 0. The smallest absolute Gasteiger partial charge is 0.00987 e. The predicted octanol–water partition coefficient (Wildman–Crippen LogP) is 4.75. The van der Waals surface area contributed by atoms with Crippen molar-refractivity contribution in [2.24, 2.45) is 0 Å². The number of rotatable bonds is 0. The molecule has 0 fully saturated rings. The van der Waals surface area contributed by atoms with Crippen molar-refractivity contribution in [1.29, 1.82) is 0 Å². The maximum atomic E-state index is 3.17. The van der Waals surface area contributed by atoms with Crippen LogP contribution in [-0.4, -0.2) is 0 Å². The van der Waals surface area contributed by atoms with E-state index in [1.807, 2.05) is 18.2 Å². The molecule has 82 valence electrons. The van der Waals surface area contributed by atoms with Crippen LogP contribution >= 0.6 is 0 Å². The third kappa shape index (κ3) is 1.26. The van der Waals surface area contributed by atoms with E-state index in [0.29, 0.717) is 0 Å². The molecular formula is C18H10. The number of hydrogen-bond acceptors (Lipinski definition) is 0. The van der Waals surface area contributed by atoms with Gasteiger partial charge in [0.05, 0.1) is 0 Å². The van der Waals surface area contributed by atoms with E-state index in [4.69, 9.17) is 0 Å². The third-order valence-electron chi connectivity index (χ3n) is 3.52. The first-order valence-electron chi connectivity index (χ1n) is 6.05. The molecule has 0 aliphatic heterocycles. The average Bonchev–Trinajstić information content (AvgIpc) is 2.46. The molecule has 0 N–H and O–H groups in total. The summed E-state index contributed by atoms with van der Waals surface area (Å²) in [5.74, 6) is 0. The van der Waals surface area contributed by atoms with Crippen LogP contribution in [0.1, 0.15) is 0 Å². The van der Waals surface area contributed by atoms with Gasteiger partial charge in [0, 0.05) is 0 Å². The molecule has 0 saturated heterocycles. The molecule has 0 aliphatic carbocycles. The maximum Gasteiger partial charge on any atom is -0.00987 e. The van der Waals surface area contributed by atoms with E-state index in [-0.39, 0.29) is 0 Å². The van der Waals surface area contributed by atoms with Crippen molar-refractivity contribution in [3.05, 3.63) is 72.8 Å². The topological polar surface area (TPSA) is 0 Å². The van der Waals surface area contributed by atoms with Gasteiger partial charge in [0.1, 0.15) is 0 Å². The fraction of sp³-hybridized carbons (Fsp3) is 0. The van der Waals surface area contributed by atoms with Gasteiger partial charge in [-0.2, -0.15) is 0 Å². The van der Waals surface area contributed by atoms with Gasteiger partial charge < -0.3 is 0 Å². The van der Waals surface area contributed by atoms with Crippen LogP contribution in [0.2, 0.25) is 0 Å². The summed E-state index contributed by atoms with van der Waals surface area (Å²) in [4.78, 5) is 0. The van der Waals surface area contributed by atoms with Crippen molar-refractivity contribution in [3.8, 4) is 0 Å². The van der Waals surface area contributed by atoms with E-state index < -0.39 is 0 Å². The lowest BCUT2D eigenvalue weighted by Gasteiger charge is -2.06. The van der Waals surface area contributed by atoms with Gasteiger partial charge in [-0.3, -0.25) is 0 Å². The highest BCUT2D eigenvalue weighted by Gasteiger charge is 2.03. The lowest BCUT2D eigenvalue weighted by molar-refractivity contribution is 1.76. The largest absolute Gasteiger partial charge is 0.0537 e. The Bertz CT molecular complexity index is 797. The molecule has 0 heteroatoms. The zero-order valence-electron chi connectivity index (χ0n) is 9.77. The maximum absolute atomic E-state index is 3.17. The van der Waals surface area contributed by atoms with Crippen molar-refractivity contribution < 1.29 is 0 Å². The Morgan fingerprint density at radius 3 is 2.17 bits per heavy atom. The van der Waals surface area contributed by atoms with Gasteiger partial charge in [0.25, 0.3) is 0 Å². The first-order valence-corrected chi connectivity index (χ1v) is 6.05. The summed E-state index contributed by atoms with van der Waals surface area (Å²) in [6.45, 7) is 0. The lowest BCUT2D eigenvalue weighted by atomic mass is 9.97. The number of benzene rings is 4. The second-order valence-electron chi connectivity index (χ2n) is 4.52. The van der Waals surface area contributed by atoms with E-state index >= 15 is 0 Å². The Morgan fingerprint density at radius 1 is 0.500 bits per heavy atom. The highest BCUT2D eigenvalue weighted by atomic mass is 14.1. The Balaban J connectivity index is 2.31. The molecule has 0 unspecified atom stereocenters. The fourth-order valence-corrected chi connectivity index (χ4v) is 2.64. The van der Waals surface area contributed by atoms with Gasteiger partial charge in [-0.05, 0) is 56.6 Å². The quantitative estimate of drug-likeness (QED) is 0.380. The van der Waals surface area contributed by atoms with E-state index in [0.717, 1.165) is 0 Å². The second-order valence-corrected chi connectivity index (χ2v) is 4.52. The summed E-state index contributed by atoms with van der Waals surface area (Å²) >= 11 is 0. The molecule has 0 nitrogen and oxygen atoms in total. The van der Waals surface area contributed by atoms with Crippen LogP contribution in [0.4, 0.5) is 0 Å². The molecular weight excluding hydrogens is 216 g/mol. The Morgan fingerprint density at radius 2 is 1.22 bits per heavy atom. The first-order chi connectivity index (χ1) is 8.93. The van der Waals surface area contributed by atoms with Gasteiger partial charge in [0.2, 0.25) is 0 Å². The van der Waals surface area contributed by atoms with Crippen LogP contribution in [0.5, 0.6) is 0 Å². The Labute approximate surface area is 105 Å². The molecule has 0 atom stereocenters. The van der Waals surface area contributed by atoms with E-state index in [2.05, 4.69) is 54.6 Å². The second kappa shape index (κ2) is 3.58. The normalized spacial score (nSPS) is 11.3. The fourth-order valence-electron chi connectivity index (χ4n) is 2.64. The summed E-state index contributed by atoms with van der Waals surface area (Å²) < 4.78 is 0. The van der Waals surface area contributed by atoms with E-state index in [1.165, 1.54) is 32.3 Å². The molecule has 4 aromatic rings. The highest BCUT2D eigenvalue weighted by Crippen LogP contribution is 2.30. The van der Waals surface area contributed by atoms with Crippen molar-refractivity contribution in [1.82, 2.24) is 0 Å². The van der Waals surface area contributed by atoms with Gasteiger partial charge in [0.15, 0.2) is 0 Å². The monoisotopic (exact) mass is 226 g/mol. The predicted molar refractivity (Wildman–Crippen MR) is 76.6 cm³/mol. The Kier molecular flexibility index (Phi) is 1.92. The summed E-state index contributed by atoms with van der Waals surface area (Å²) in [6, 6.07) is 27.3. The van der Waals surface area contributed by atoms with Gasteiger partial charge in [-0.25, -0.2) is 0 Å². The molecule has 4 rings (SSSR count). The molecule has 0 saturated carbocycles. The SMILES string of the molecule is [c]1ccc2c(c1)ccc1c3c[c]ccc3ccc21. The molecule has 18 heavy (non-hydrogen) atoms. The molecule has 0 bridgehead atoms. The van der Waals surface area contributed by atoms with Crippen LogP contribution in [0.25, 0.3) is 32.3 Å². The van der Waals surface area contributed by atoms with Crippen molar-refractivity contribution >= 4 is 32.3 Å². The summed E-state index contributed by atoms with van der Waals surface area (Å²) in [6.07, 6.45) is 0. The van der Waals surface area contributed by atoms with Crippen molar-refractivity contribution in [2.75, 3.05) is 0 Å². The molecule has 0 aliphatic rings. The molecule has 0 aromatic heterocycles. The minimum atomic E-state index is 1.24. The standard InChI is InChI=1S/C18H10/c1-3-7-15-13(5-1)9-11-18-16-8-4-2-6-14(16)10-12-17(15)18/h1,4-12H. The number of fused-ring (bicyclic) bond motifs is 5. The third-order valence-corrected chi connectivity index (χ3v) is 3.52. The lowest BCUT2D eigenvalue weighted by Crippen LogP contribution is -1.80. The Hall–Kier alpha value is -2.34. The molecule has 4 aromatic carbocycles. The summed E-state index contributed by atoms with van der Waals surface area (Å²) in [7, 11) is 0. The van der Waals surface area contributed by atoms with Crippen LogP contribution in [-0.2, 0) is 0 Å². The number of hydrogen-bond donors (Lipinski definition) is 0. The molecule has 0 amide bonds. The van der Waals surface area contributed by atoms with E-state index in [9.17, 15) is 0 Å². The minimum absolute atomic E-state index is 1.24. The average molecular weight is 226 g/mol. The molecule has 0 spiro atoms. The van der Waals surface area contributed by atoms with Gasteiger partial charge in [-0.1, -0.05) is 48.5 Å². The van der Waals surface area contributed by atoms with Crippen LogP contribution in [0.3, 0.4) is 0 Å². The van der Waals surface area contributed by atoms with Crippen molar-refractivity contribution in [3.63, 3.8) is 0 Å². The minimum Gasteiger partial charge on any atom is -0.0537 e.